The minimum Gasteiger partial charge on any atom is -0.304 e. The predicted octanol–water partition coefficient (Wildman–Crippen LogP) is 2.01. The first-order chi connectivity index (χ1) is 8.28. The Balaban J connectivity index is 1.88. The van der Waals surface area contributed by atoms with Crippen molar-refractivity contribution in [3.63, 3.8) is 0 Å². The van der Waals surface area contributed by atoms with Crippen LogP contribution in [-0.2, 0) is 6.54 Å². The van der Waals surface area contributed by atoms with E-state index in [9.17, 15) is 0 Å². The molecule has 1 saturated heterocycles. The van der Waals surface area contributed by atoms with E-state index in [0.29, 0.717) is 0 Å². The van der Waals surface area contributed by atoms with Crippen LogP contribution in [0.4, 0.5) is 0 Å². The van der Waals surface area contributed by atoms with Gasteiger partial charge in [0.25, 0.3) is 0 Å². The van der Waals surface area contributed by atoms with Gasteiger partial charge in [-0.1, -0.05) is 12.1 Å². The van der Waals surface area contributed by atoms with Crippen molar-refractivity contribution in [3.05, 3.63) is 29.8 Å². The molecule has 0 spiro atoms. The van der Waals surface area contributed by atoms with E-state index in [1.807, 2.05) is 12.1 Å². The van der Waals surface area contributed by atoms with Crippen molar-refractivity contribution in [1.82, 2.24) is 9.80 Å². The number of rotatable bonds is 3. The van der Waals surface area contributed by atoms with Gasteiger partial charge < -0.3 is 4.90 Å². The van der Waals surface area contributed by atoms with Gasteiger partial charge in [-0.15, -0.1) is 0 Å². The highest BCUT2D eigenvalue weighted by Gasteiger charge is 2.13. The average molecular weight is 247 g/mol. The predicted molar refractivity (Wildman–Crippen MR) is 70.7 cm³/mol. The van der Waals surface area contributed by atoms with Crippen LogP contribution < -0.4 is 0 Å². The molecule has 0 bridgehead atoms. The van der Waals surface area contributed by atoms with Crippen LogP contribution in [0.1, 0.15) is 5.56 Å². The molecule has 3 nitrogen and oxygen atoms in total. The van der Waals surface area contributed by atoms with Gasteiger partial charge in [-0.25, -0.2) is 0 Å². The number of piperazine rings is 1. The molecule has 1 fully saturated rings. The molecule has 1 aromatic rings. The third-order valence-corrected chi connectivity index (χ3v) is 3.69. The summed E-state index contributed by atoms with van der Waals surface area (Å²) in [5.74, 6) is 0. The monoisotopic (exact) mass is 247 g/mol. The van der Waals surface area contributed by atoms with E-state index in [0.717, 1.165) is 37.6 Å². The number of likely N-dealkylation sites (N-methyl/N-ethyl adjacent to an activating group) is 1. The fourth-order valence-electron chi connectivity index (χ4n) is 1.98. The highest BCUT2D eigenvalue weighted by Crippen LogP contribution is 2.17. The van der Waals surface area contributed by atoms with Crippen LogP contribution in [0.2, 0.25) is 0 Å². The van der Waals surface area contributed by atoms with Crippen LogP contribution in [0.25, 0.3) is 0 Å². The second-order valence-electron chi connectivity index (χ2n) is 4.42. The molecule has 1 aliphatic rings. The van der Waals surface area contributed by atoms with Gasteiger partial charge in [-0.3, -0.25) is 4.90 Å². The molecule has 90 valence electrons. The van der Waals surface area contributed by atoms with Gasteiger partial charge in [0.2, 0.25) is 0 Å². The summed E-state index contributed by atoms with van der Waals surface area (Å²) >= 11 is 1.22. The lowest BCUT2D eigenvalue weighted by atomic mass is 10.2. The largest absolute Gasteiger partial charge is 0.304 e. The van der Waals surface area contributed by atoms with E-state index in [2.05, 4.69) is 34.4 Å². The van der Waals surface area contributed by atoms with Crippen molar-refractivity contribution in [2.45, 2.75) is 11.4 Å². The zero-order valence-corrected chi connectivity index (χ0v) is 10.9. The van der Waals surface area contributed by atoms with Crippen molar-refractivity contribution in [2.75, 3.05) is 33.2 Å². The molecular weight excluding hydrogens is 230 g/mol. The Morgan fingerprint density at radius 1 is 1.18 bits per heavy atom. The molecule has 0 aliphatic carbocycles. The van der Waals surface area contributed by atoms with Crippen LogP contribution >= 0.6 is 11.8 Å². The molecule has 0 radical (unpaired) electrons. The molecule has 1 aliphatic heterocycles. The number of nitriles is 1. The molecular formula is C13H17N3S. The molecule has 0 amide bonds. The Bertz CT molecular complexity index is 388. The summed E-state index contributed by atoms with van der Waals surface area (Å²) in [6.45, 7) is 5.62. The molecule has 0 saturated carbocycles. The zero-order chi connectivity index (χ0) is 12.1. The van der Waals surface area contributed by atoms with E-state index in [1.165, 1.54) is 17.3 Å². The topological polar surface area (TPSA) is 30.3 Å². The molecule has 1 aromatic carbocycles. The lowest BCUT2D eigenvalue weighted by Gasteiger charge is -2.32. The molecule has 4 heteroatoms. The van der Waals surface area contributed by atoms with Crippen LogP contribution in [0, 0.1) is 10.7 Å². The van der Waals surface area contributed by atoms with Gasteiger partial charge >= 0.3 is 0 Å². The van der Waals surface area contributed by atoms with Crippen molar-refractivity contribution in [1.29, 1.82) is 5.26 Å². The number of thioether (sulfide) groups is 1. The van der Waals surface area contributed by atoms with E-state index in [-0.39, 0.29) is 0 Å². The van der Waals surface area contributed by atoms with E-state index < -0.39 is 0 Å². The SMILES string of the molecule is CN1CCN(Cc2ccc(SC#N)cc2)CC1. The van der Waals surface area contributed by atoms with Crippen LogP contribution in [0.3, 0.4) is 0 Å². The van der Waals surface area contributed by atoms with Crippen molar-refractivity contribution < 1.29 is 0 Å². The number of nitrogens with zero attached hydrogens (tertiary/aromatic N) is 3. The number of thiocyanates is 1. The van der Waals surface area contributed by atoms with E-state index in [1.54, 1.807) is 0 Å². The van der Waals surface area contributed by atoms with Gasteiger partial charge in [0.15, 0.2) is 0 Å². The molecule has 2 rings (SSSR count). The standard InChI is InChI=1S/C13H17N3S/c1-15-6-8-16(9-7-15)10-12-2-4-13(5-3-12)17-11-14/h2-5H,6-10H2,1H3. The average Bonchev–Trinajstić information content (AvgIpc) is 2.35. The maximum absolute atomic E-state index is 8.57. The summed E-state index contributed by atoms with van der Waals surface area (Å²) in [4.78, 5) is 5.87. The van der Waals surface area contributed by atoms with E-state index in [4.69, 9.17) is 5.26 Å². The van der Waals surface area contributed by atoms with Gasteiger partial charge in [-0.05, 0) is 36.5 Å². The lowest BCUT2D eigenvalue weighted by molar-refractivity contribution is 0.148. The molecule has 0 atom stereocenters. The third kappa shape index (κ3) is 3.74. The summed E-state index contributed by atoms with van der Waals surface area (Å²) in [7, 11) is 2.17. The number of hydrogen-bond acceptors (Lipinski definition) is 4. The highest BCUT2D eigenvalue weighted by atomic mass is 32.2. The Labute approximate surface area is 107 Å². The summed E-state index contributed by atoms with van der Waals surface area (Å²) < 4.78 is 0. The summed E-state index contributed by atoms with van der Waals surface area (Å²) in [6.07, 6.45) is 0. The second-order valence-corrected chi connectivity index (χ2v) is 5.27. The molecule has 0 aromatic heterocycles. The van der Waals surface area contributed by atoms with Crippen molar-refractivity contribution in [2.24, 2.45) is 0 Å². The van der Waals surface area contributed by atoms with E-state index >= 15 is 0 Å². The van der Waals surface area contributed by atoms with Crippen molar-refractivity contribution in [3.8, 4) is 5.40 Å². The first-order valence-corrected chi connectivity index (χ1v) is 6.65. The fourth-order valence-corrected chi connectivity index (χ4v) is 2.36. The van der Waals surface area contributed by atoms with Gasteiger partial charge in [0, 0.05) is 37.6 Å². The normalized spacial score (nSPS) is 17.9. The third-order valence-electron chi connectivity index (χ3n) is 3.09. The highest BCUT2D eigenvalue weighted by molar-refractivity contribution is 8.03. The minimum atomic E-state index is 1.02. The van der Waals surface area contributed by atoms with Crippen LogP contribution in [0.15, 0.2) is 29.2 Å². The summed E-state index contributed by atoms with van der Waals surface area (Å²) in [6, 6.07) is 8.30. The maximum Gasteiger partial charge on any atom is 0.138 e. The Hall–Kier alpha value is -1.02. The number of benzene rings is 1. The summed E-state index contributed by atoms with van der Waals surface area (Å²) in [5, 5.41) is 10.7. The van der Waals surface area contributed by atoms with Gasteiger partial charge in [-0.2, -0.15) is 5.26 Å². The Morgan fingerprint density at radius 3 is 2.41 bits per heavy atom. The fraction of sp³-hybridized carbons (Fsp3) is 0.462. The summed E-state index contributed by atoms with van der Waals surface area (Å²) in [5.41, 5.74) is 1.33. The van der Waals surface area contributed by atoms with Gasteiger partial charge in [0.05, 0.1) is 0 Å². The maximum atomic E-state index is 8.57. The van der Waals surface area contributed by atoms with Gasteiger partial charge in [0.1, 0.15) is 5.40 Å². The molecule has 0 unspecified atom stereocenters. The zero-order valence-electron chi connectivity index (χ0n) is 10.1. The first-order valence-electron chi connectivity index (χ1n) is 5.84. The minimum absolute atomic E-state index is 1.02. The smallest absolute Gasteiger partial charge is 0.138 e. The quantitative estimate of drug-likeness (QED) is 0.604. The number of hydrogen-bond donors (Lipinski definition) is 0. The van der Waals surface area contributed by atoms with Crippen LogP contribution in [0.5, 0.6) is 0 Å². The Morgan fingerprint density at radius 2 is 1.82 bits per heavy atom. The van der Waals surface area contributed by atoms with Crippen LogP contribution in [-0.4, -0.2) is 43.0 Å². The molecule has 17 heavy (non-hydrogen) atoms. The molecule has 0 N–H and O–H groups in total. The lowest BCUT2D eigenvalue weighted by Crippen LogP contribution is -2.43. The molecule has 1 heterocycles. The van der Waals surface area contributed by atoms with Crippen molar-refractivity contribution >= 4 is 11.8 Å². The second kappa shape index (κ2) is 6.06. The Kier molecular flexibility index (Phi) is 4.43. The first kappa shape index (κ1) is 12.4.